The Bertz CT molecular complexity index is 599. The Morgan fingerprint density at radius 3 is 2.35 bits per heavy atom. The summed E-state index contributed by atoms with van der Waals surface area (Å²) in [6, 6.07) is 6.24. The average molecular weight is 379 g/mol. The zero-order valence-electron chi connectivity index (χ0n) is 15.9. The minimum Gasteiger partial charge on any atom is -0.379 e. The molecular formula is C19H30N4O2S. The van der Waals surface area contributed by atoms with Gasteiger partial charge in [-0.2, -0.15) is 0 Å². The van der Waals surface area contributed by atoms with Crippen LogP contribution in [-0.4, -0.2) is 85.6 Å². The second-order valence-corrected chi connectivity index (χ2v) is 8.14. The number of amides is 1. The fraction of sp³-hybridized carbons (Fsp3) is 0.632. The maximum Gasteiger partial charge on any atom is 0.221 e. The van der Waals surface area contributed by atoms with Gasteiger partial charge in [-0.15, -0.1) is 0 Å². The molecule has 0 atom stereocenters. The number of aryl methyl sites for hydroxylation is 1. The van der Waals surface area contributed by atoms with Crippen LogP contribution in [0.1, 0.15) is 12.5 Å². The molecule has 6 nitrogen and oxygen atoms in total. The minimum atomic E-state index is -0.0262. The molecule has 0 radical (unpaired) electrons. The molecule has 2 aliphatic rings. The number of nitrogens with zero attached hydrogens (tertiary/aromatic N) is 3. The molecule has 0 aromatic heterocycles. The van der Waals surface area contributed by atoms with Gasteiger partial charge in [-0.1, -0.05) is 0 Å². The number of morpholine rings is 1. The van der Waals surface area contributed by atoms with E-state index >= 15 is 0 Å². The predicted octanol–water partition coefficient (Wildman–Crippen LogP) is 1.91. The second kappa shape index (κ2) is 9.71. The number of benzene rings is 1. The Hall–Kier alpha value is -1.12. The summed E-state index contributed by atoms with van der Waals surface area (Å²) in [7, 11) is 0. The van der Waals surface area contributed by atoms with E-state index in [1.54, 1.807) is 6.92 Å². The maximum absolute atomic E-state index is 11.2. The van der Waals surface area contributed by atoms with Crippen molar-refractivity contribution in [3.05, 3.63) is 23.8 Å². The molecule has 1 amide bonds. The molecule has 2 fully saturated rings. The molecule has 0 unspecified atom stereocenters. The van der Waals surface area contributed by atoms with Gasteiger partial charge >= 0.3 is 0 Å². The van der Waals surface area contributed by atoms with E-state index in [2.05, 4.69) is 31.6 Å². The van der Waals surface area contributed by atoms with Gasteiger partial charge in [0.1, 0.15) is 0 Å². The van der Waals surface area contributed by atoms with Crippen molar-refractivity contribution in [2.75, 3.05) is 70.9 Å². The highest BCUT2D eigenvalue weighted by atomic mass is 32.2. The Balaban J connectivity index is 1.40. The van der Waals surface area contributed by atoms with Crippen LogP contribution in [0.5, 0.6) is 0 Å². The van der Waals surface area contributed by atoms with Crippen molar-refractivity contribution >= 4 is 23.5 Å². The molecule has 2 aliphatic heterocycles. The minimum absolute atomic E-state index is 0.0262. The summed E-state index contributed by atoms with van der Waals surface area (Å²) in [5, 5.41) is 2.87. The van der Waals surface area contributed by atoms with Crippen molar-refractivity contribution < 1.29 is 9.53 Å². The second-order valence-electron chi connectivity index (χ2n) is 6.97. The Labute approximate surface area is 161 Å². The monoisotopic (exact) mass is 378 g/mol. The van der Waals surface area contributed by atoms with Crippen LogP contribution < -0.4 is 5.32 Å². The number of hydrogen-bond acceptors (Lipinski definition) is 6. The lowest BCUT2D eigenvalue weighted by atomic mass is 10.2. The molecule has 0 spiro atoms. The molecule has 7 heteroatoms. The Kier molecular flexibility index (Phi) is 7.33. The van der Waals surface area contributed by atoms with E-state index in [0.717, 1.165) is 76.8 Å². The summed E-state index contributed by atoms with van der Waals surface area (Å²) in [6.45, 7) is 14.2. The molecule has 2 heterocycles. The smallest absolute Gasteiger partial charge is 0.221 e. The summed E-state index contributed by atoms with van der Waals surface area (Å²) in [4.78, 5) is 17.5. The highest BCUT2D eigenvalue weighted by molar-refractivity contribution is 7.97. The summed E-state index contributed by atoms with van der Waals surface area (Å²) >= 11 is 1.82. The zero-order valence-corrected chi connectivity index (χ0v) is 16.7. The van der Waals surface area contributed by atoms with Crippen molar-refractivity contribution in [2.24, 2.45) is 0 Å². The quantitative estimate of drug-likeness (QED) is 0.763. The summed E-state index contributed by atoms with van der Waals surface area (Å²) in [5.74, 6) is -0.0262. The number of carbonyl (C=O) groups is 1. The fourth-order valence-electron chi connectivity index (χ4n) is 3.32. The van der Waals surface area contributed by atoms with Gasteiger partial charge in [0.25, 0.3) is 0 Å². The molecule has 144 valence electrons. The van der Waals surface area contributed by atoms with Gasteiger partial charge < -0.3 is 10.1 Å². The molecule has 1 aromatic carbocycles. The fourth-order valence-corrected chi connectivity index (χ4v) is 4.33. The maximum atomic E-state index is 11.2. The molecule has 26 heavy (non-hydrogen) atoms. The molecule has 0 aliphatic carbocycles. The third-order valence-electron chi connectivity index (χ3n) is 4.91. The van der Waals surface area contributed by atoms with Crippen molar-refractivity contribution in [1.29, 1.82) is 0 Å². The predicted molar refractivity (Wildman–Crippen MR) is 107 cm³/mol. The molecule has 1 N–H and O–H groups in total. The van der Waals surface area contributed by atoms with Crippen LogP contribution in [0, 0.1) is 6.92 Å². The third kappa shape index (κ3) is 5.96. The molecule has 1 aromatic rings. The van der Waals surface area contributed by atoms with Gasteiger partial charge in [-0.25, -0.2) is 4.31 Å². The van der Waals surface area contributed by atoms with E-state index in [1.165, 1.54) is 4.90 Å². The number of nitrogens with one attached hydrogen (secondary N) is 1. The van der Waals surface area contributed by atoms with Gasteiger partial charge in [0.15, 0.2) is 0 Å². The molecule has 0 bridgehead atoms. The van der Waals surface area contributed by atoms with Gasteiger partial charge in [0.05, 0.1) is 13.2 Å². The average Bonchev–Trinajstić information content (AvgIpc) is 2.64. The highest BCUT2D eigenvalue weighted by Gasteiger charge is 2.19. The summed E-state index contributed by atoms with van der Waals surface area (Å²) in [5.41, 5.74) is 2.00. The van der Waals surface area contributed by atoms with Crippen LogP contribution in [0.25, 0.3) is 0 Å². The van der Waals surface area contributed by atoms with Crippen LogP contribution in [0.15, 0.2) is 23.1 Å². The lowest BCUT2D eigenvalue weighted by Gasteiger charge is -2.35. The number of anilines is 1. The number of ether oxygens (including phenoxy) is 1. The lowest BCUT2D eigenvalue weighted by molar-refractivity contribution is -0.114. The Morgan fingerprint density at radius 1 is 1.08 bits per heavy atom. The summed E-state index contributed by atoms with van der Waals surface area (Å²) in [6.07, 6.45) is 0. The van der Waals surface area contributed by atoms with E-state index in [9.17, 15) is 4.79 Å². The van der Waals surface area contributed by atoms with E-state index in [4.69, 9.17) is 4.74 Å². The van der Waals surface area contributed by atoms with Crippen LogP contribution in [0.3, 0.4) is 0 Å². The number of carbonyl (C=O) groups excluding carboxylic acids is 1. The zero-order chi connectivity index (χ0) is 18.4. The van der Waals surface area contributed by atoms with E-state index in [1.807, 2.05) is 24.9 Å². The Morgan fingerprint density at radius 2 is 1.73 bits per heavy atom. The van der Waals surface area contributed by atoms with Crippen LogP contribution in [0.2, 0.25) is 0 Å². The first kappa shape index (κ1) is 19.6. The number of piperazine rings is 1. The molecular weight excluding hydrogens is 348 g/mol. The SMILES string of the molecule is CC(=O)Nc1ccc(SN2CCN(CCN3CCOCC3)CC2)cc1C. The molecule has 2 saturated heterocycles. The van der Waals surface area contributed by atoms with Gasteiger partial charge in [0.2, 0.25) is 5.91 Å². The van der Waals surface area contributed by atoms with Gasteiger partial charge in [-0.3, -0.25) is 14.6 Å². The van der Waals surface area contributed by atoms with Crippen LogP contribution >= 0.6 is 11.9 Å². The van der Waals surface area contributed by atoms with Gasteiger partial charge in [-0.05, 0) is 42.6 Å². The third-order valence-corrected chi connectivity index (χ3v) is 6.00. The van der Waals surface area contributed by atoms with E-state index in [-0.39, 0.29) is 5.91 Å². The number of rotatable bonds is 6. The molecule has 0 saturated carbocycles. The number of hydrogen-bond donors (Lipinski definition) is 1. The first-order valence-electron chi connectivity index (χ1n) is 9.44. The summed E-state index contributed by atoms with van der Waals surface area (Å²) < 4.78 is 7.85. The van der Waals surface area contributed by atoms with Crippen molar-refractivity contribution in [3.8, 4) is 0 Å². The van der Waals surface area contributed by atoms with Gasteiger partial charge in [0, 0.05) is 69.9 Å². The van der Waals surface area contributed by atoms with E-state index < -0.39 is 0 Å². The van der Waals surface area contributed by atoms with Crippen molar-refractivity contribution in [3.63, 3.8) is 0 Å². The van der Waals surface area contributed by atoms with Crippen LogP contribution in [0.4, 0.5) is 5.69 Å². The highest BCUT2D eigenvalue weighted by Crippen LogP contribution is 2.27. The lowest BCUT2D eigenvalue weighted by Crippen LogP contribution is -2.47. The largest absolute Gasteiger partial charge is 0.379 e. The van der Waals surface area contributed by atoms with Crippen molar-refractivity contribution in [2.45, 2.75) is 18.7 Å². The topological polar surface area (TPSA) is 48.1 Å². The standard InChI is InChI=1S/C19H30N4O2S/c1-16-15-18(3-4-19(16)20-17(2)24)26-23-9-7-21(8-10-23)5-6-22-11-13-25-14-12-22/h3-4,15H,5-14H2,1-2H3,(H,20,24). The molecule has 3 rings (SSSR count). The first-order valence-corrected chi connectivity index (χ1v) is 10.2. The van der Waals surface area contributed by atoms with Crippen LogP contribution in [-0.2, 0) is 9.53 Å². The first-order chi connectivity index (χ1) is 12.6. The normalized spacial score (nSPS) is 20.2. The van der Waals surface area contributed by atoms with Crippen molar-refractivity contribution in [1.82, 2.24) is 14.1 Å². The van der Waals surface area contributed by atoms with E-state index in [0.29, 0.717) is 0 Å².